The van der Waals surface area contributed by atoms with Crippen molar-refractivity contribution < 1.29 is 9.47 Å². The first-order valence-corrected chi connectivity index (χ1v) is 11.9. The van der Waals surface area contributed by atoms with E-state index in [2.05, 4.69) is 18.7 Å². The Balaban J connectivity index is 1.73. The van der Waals surface area contributed by atoms with Crippen molar-refractivity contribution in [1.82, 2.24) is 0 Å². The van der Waals surface area contributed by atoms with Gasteiger partial charge in [0.2, 0.25) is 0 Å². The summed E-state index contributed by atoms with van der Waals surface area (Å²) >= 11 is 6.32. The van der Waals surface area contributed by atoms with E-state index in [9.17, 15) is 5.26 Å². The van der Waals surface area contributed by atoms with Crippen LogP contribution in [-0.4, -0.2) is 6.61 Å². The van der Waals surface area contributed by atoms with Crippen LogP contribution in [0.3, 0.4) is 0 Å². The molecule has 174 valence electrons. The minimum atomic E-state index is 0.319. The molecule has 0 unspecified atom stereocenters. The van der Waals surface area contributed by atoms with Crippen LogP contribution in [0.4, 0.5) is 0 Å². The molecule has 0 aliphatic carbocycles. The Hall–Kier alpha value is -4.00. The fourth-order valence-corrected chi connectivity index (χ4v) is 4.16. The summed E-state index contributed by atoms with van der Waals surface area (Å²) in [5.41, 5.74) is 4.13. The van der Waals surface area contributed by atoms with E-state index >= 15 is 0 Å². The Morgan fingerprint density at radius 1 is 0.943 bits per heavy atom. The number of benzene rings is 4. The molecule has 4 aromatic carbocycles. The van der Waals surface area contributed by atoms with Crippen LogP contribution in [0.15, 0.2) is 91.5 Å². The van der Waals surface area contributed by atoms with Gasteiger partial charge in [0.25, 0.3) is 0 Å². The van der Waals surface area contributed by atoms with Crippen LogP contribution in [0.1, 0.15) is 29.2 Å². The van der Waals surface area contributed by atoms with Crippen molar-refractivity contribution in [3.63, 3.8) is 0 Å². The van der Waals surface area contributed by atoms with Crippen molar-refractivity contribution in [3.05, 3.63) is 119 Å². The van der Waals surface area contributed by atoms with Gasteiger partial charge in [0, 0.05) is 16.1 Å². The second kappa shape index (κ2) is 11.4. The van der Waals surface area contributed by atoms with E-state index in [1.807, 2.05) is 91.9 Å². The Morgan fingerprint density at radius 2 is 1.71 bits per heavy atom. The highest BCUT2D eigenvalue weighted by atomic mass is 35.5. The molecule has 35 heavy (non-hydrogen) atoms. The number of nitriles is 1. The van der Waals surface area contributed by atoms with E-state index < -0.39 is 0 Å². The largest absolute Gasteiger partial charge is 0.490 e. The van der Waals surface area contributed by atoms with Gasteiger partial charge in [-0.25, -0.2) is 0 Å². The highest BCUT2D eigenvalue weighted by molar-refractivity contribution is 6.31. The molecule has 0 heterocycles. The zero-order valence-electron chi connectivity index (χ0n) is 19.6. The fraction of sp³-hybridized carbons (Fsp3) is 0.129. The number of nitrogens with zero attached hydrogens (tertiary/aromatic N) is 1. The molecule has 0 fully saturated rings. The van der Waals surface area contributed by atoms with E-state index in [1.165, 1.54) is 0 Å². The van der Waals surface area contributed by atoms with Gasteiger partial charge in [0.1, 0.15) is 6.61 Å². The first kappa shape index (κ1) is 24.1. The molecule has 0 aliphatic rings. The minimum Gasteiger partial charge on any atom is -0.490 e. The van der Waals surface area contributed by atoms with E-state index in [1.54, 1.807) is 0 Å². The highest BCUT2D eigenvalue weighted by Crippen LogP contribution is 2.36. The first-order chi connectivity index (χ1) is 17.1. The summed E-state index contributed by atoms with van der Waals surface area (Å²) in [5, 5.41) is 12.8. The van der Waals surface area contributed by atoms with Crippen molar-refractivity contribution in [2.75, 3.05) is 6.61 Å². The lowest BCUT2D eigenvalue weighted by Gasteiger charge is -2.17. The fourth-order valence-electron chi connectivity index (χ4n) is 3.97. The molecule has 0 aliphatic heterocycles. The quantitative estimate of drug-likeness (QED) is 0.138. The van der Waals surface area contributed by atoms with Gasteiger partial charge in [-0.3, -0.25) is 0 Å². The van der Waals surface area contributed by atoms with E-state index in [-0.39, 0.29) is 0 Å². The van der Waals surface area contributed by atoms with E-state index in [0.29, 0.717) is 41.7 Å². The van der Waals surface area contributed by atoms with Crippen LogP contribution in [-0.2, 0) is 13.0 Å². The summed E-state index contributed by atoms with van der Waals surface area (Å²) in [5.74, 6) is 1.29. The van der Waals surface area contributed by atoms with Crippen molar-refractivity contribution >= 4 is 34.0 Å². The van der Waals surface area contributed by atoms with Crippen LogP contribution in [0.2, 0.25) is 5.02 Å². The van der Waals surface area contributed by atoms with Crippen LogP contribution in [0, 0.1) is 11.3 Å². The number of hydrogen-bond donors (Lipinski definition) is 0. The molecule has 0 aromatic heterocycles. The van der Waals surface area contributed by atoms with Crippen molar-refractivity contribution in [1.29, 1.82) is 5.26 Å². The SMILES string of the molecule is C=CCc1cc(/C=C(/C#N)c2ccc3ccccc3c2)cc(OCC)c1OCc1ccccc1Cl. The molecule has 4 heteroatoms. The maximum Gasteiger partial charge on any atom is 0.165 e. The molecule has 0 saturated carbocycles. The molecule has 4 aromatic rings. The van der Waals surface area contributed by atoms with Gasteiger partial charge in [-0.15, -0.1) is 6.58 Å². The summed E-state index contributed by atoms with van der Waals surface area (Å²) in [6, 6.07) is 28.1. The number of allylic oxidation sites excluding steroid dienone is 2. The average Bonchev–Trinajstić information content (AvgIpc) is 2.88. The lowest BCUT2D eigenvalue weighted by Crippen LogP contribution is -2.03. The van der Waals surface area contributed by atoms with Gasteiger partial charge in [-0.1, -0.05) is 72.3 Å². The van der Waals surface area contributed by atoms with Crippen LogP contribution in [0.5, 0.6) is 11.5 Å². The summed E-state index contributed by atoms with van der Waals surface area (Å²) in [7, 11) is 0. The van der Waals surface area contributed by atoms with Gasteiger partial charge < -0.3 is 9.47 Å². The molecule has 0 atom stereocenters. The molecule has 0 N–H and O–H groups in total. The van der Waals surface area contributed by atoms with Gasteiger partial charge >= 0.3 is 0 Å². The standard InChI is InChI=1S/C31H26ClNO2/c1-3-9-26-16-22(17-28(20-33)25-15-14-23-10-5-6-11-24(23)19-25)18-30(34-4-2)31(26)35-21-27-12-7-8-13-29(27)32/h3,5-8,10-19H,1,4,9,21H2,2H3/b28-17-. The maximum absolute atomic E-state index is 9.95. The molecule has 3 nitrogen and oxygen atoms in total. The second-order valence-electron chi connectivity index (χ2n) is 8.04. The predicted molar refractivity (Wildman–Crippen MR) is 145 cm³/mol. The van der Waals surface area contributed by atoms with Gasteiger partial charge in [0.05, 0.1) is 18.2 Å². The zero-order valence-corrected chi connectivity index (χ0v) is 20.4. The molecule has 0 bridgehead atoms. The molecule has 0 spiro atoms. The van der Waals surface area contributed by atoms with Gasteiger partial charge in [0.15, 0.2) is 11.5 Å². The third-order valence-electron chi connectivity index (χ3n) is 5.64. The normalized spacial score (nSPS) is 11.2. The minimum absolute atomic E-state index is 0.319. The Kier molecular flexibility index (Phi) is 7.88. The molecular formula is C31H26ClNO2. The van der Waals surface area contributed by atoms with Crippen molar-refractivity contribution in [2.45, 2.75) is 20.0 Å². The van der Waals surface area contributed by atoms with Crippen molar-refractivity contribution in [3.8, 4) is 17.6 Å². The predicted octanol–water partition coefficient (Wildman–Crippen LogP) is 8.26. The summed E-state index contributed by atoms with van der Waals surface area (Å²) in [6.45, 7) is 6.64. The summed E-state index contributed by atoms with van der Waals surface area (Å²) < 4.78 is 12.2. The number of hydrogen-bond acceptors (Lipinski definition) is 3. The maximum atomic E-state index is 9.95. The molecule has 4 rings (SSSR count). The van der Waals surface area contributed by atoms with Crippen LogP contribution >= 0.6 is 11.6 Å². The monoisotopic (exact) mass is 479 g/mol. The summed E-state index contributed by atoms with van der Waals surface area (Å²) in [6.07, 6.45) is 4.31. The highest BCUT2D eigenvalue weighted by Gasteiger charge is 2.15. The Morgan fingerprint density at radius 3 is 2.46 bits per heavy atom. The number of ether oxygens (including phenoxy) is 2. The van der Waals surface area contributed by atoms with E-state index in [0.717, 1.165) is 33.0 Å². The van der Waals surface area contributed by atoms with E-state index in [4.69, 9.17) is 21.1 Å². The first-order valence-electron chi connectivity index (χ1n) is 11.5. The van der Waals surface area contributed by atoms with Gasteiger partial charge in [-0.2, -0.15) is 5.26 Å². The Labute approximate surface area is 211 Å². The van der Waals surface area contributed by atoms with Crippen LogP contribution in [0.25, 0.3) is 22.4 Å². The molecule has 0 saturated heterocycles. The van der Waals surface area contributed by atoms with Crippen LogP contribution < -0.4 is 9.47 Å². The molecule has 0 radical (unpaired) electrons. The molecular weight excluding hydrogens is 454 g/mol. The third kappa shape index (κ3) is 5.74. The lowest BCUT2D eigenvalue weighted by molar-refractivity contribution is 0.267. The topological polar surface area (TPSA) is 42.2 Å². The van der Waals surface area contributed by atoms with Gasteiger partial charge in [-0.05, 0) is 65.6 Å². The number of halogens is 1. The number of rotatable bonds is 9. The zero-order chi connectivity index (χ0) is 24.6. The lowest BCUT2D eigenvalue weighted by atomic mass is 9.98. The smallest absolute Gasteiger partial charge is 0.165 e. The molecule has 0 amide bonds. The summed E-state index contributed by atoms with van der Waals surface area (Å²) in [4.78, 5) is 0. The van der Waals surface area contributed by atoms with Crippen molar-refractivity contribution in [2.24, 2.45) is 0 Å². The average molecular weight is 480 g/mol. The Bertz CT molecular complexity index is 1430. The second-order valence-corrected chi connectivity index (χ2v) is 8.45. The number of fused-ring (bicyclic) bond motifs is 1. The third-order valence-corrected chi connectivity index (χ3v) is 6.01.